The molecule has 28 heavy (non-hydrogen) atoms. The molecule has 2 aromatic rings. The fourth-order valence-electron chi connectivity index (χ4n) is 2.60. The van der Waals surface area contributed by atoms with Gasteiger partial charge < -0.3 is 16.0 Å². The number of aromatic nitrogens is 1. The number of aryl methyl sites for hydroxylation is 2. The zero-order valence-electron chi connectivity index (χ0n) is 17.3. The SMILES string of the molecule is CCCCNC(=O)c1ccc(CNC(=NC)NCCc2nc(C)c(C)s2)cc1. The lowest BCUT2D eigenvalue weighted by atomic mass is 10.1. The average molecular weight is 402 g/mol. The Bertz CT molecular complexity index is 763. The molecule has 0 saturated carbocycles. The normalized spacial score (nSPS) is 11.4. The zero-order chi connectivity index (χ0) is 20.4. The summed E-state index contributed by atoms with van der Waals surface area (Å²) in [5.41, 5.74) is 2.90. The Morgan fingerprint density at radius 2 is 1.86 bits per heavy atom. The molecule has 7 heteroatoms. The maximum atomic E-state index is 12.0. The van der Waals surface area contributed by atoms with Gasteiger partial charge >= 0.3 is 0 Å². The van der Waals surface area contributed by atoms with Crippen molar-refractivity contribution in [1.82, 2.24) is 20.9 Å². The van der Waals surface area contributed by atoms with Crippen molar-refractivity contribution in [1.29, 1.82) is 0 Å². The van der Waals surface area contributed by atoms with E-state index in [2.05, 4.69) is 39.8 Å². The van der Waals surface area contributed by atoms with E-state index in [1.807, 2.05) is 31.2 Å². The quantitative estimate of drug-likeness (QED) is 0.343. The summed E-state index contributed by atoms with van der Waals surface area (Å²) in [5.74, 6) is 0.740. The van der Waals surface area contributed by atoms with Crippen molar-refractivity contribution >= 4 is 23.2 Å². The average Bonchev–Trinajstić information content (AvgIpc) is 3.02. The molecule has 0 radical (unpaired) electrons. The third-order valence-corrected chi connectivity index (χ3v) is 5.55. The molecule has 152 valence electrons. The van der Waals surface area contributed by atoms with Crippen LogP contribution in [0.1, 0.15) is 51.3 Å². The molecule has 1 amide bonds. The van der Waals surface area contributed by atoms with Gasteiger partial charge in [0.2, 0.25) is 0 Å². The molecule has 1 aromatic carbocycles. The van der Waals surface area contributed by atoms with Crippen LogP contribution in [0.25, 0.3) is 0 Å². The third kappa shape index (κ3) is 6.96. The van der Waals surface area contributed by atoms with Gasteiger partial charge in [0.25, 0.3) is 5.91 Å². The number of rotatable bonds is 9. The number of carbonyl (C=O) groups excluding carboxylic acids is 1. The van der Waals surface area contributed by atoms with Crippen LogP contribution in [0.2, 0.25) is 0 Å². The highest BCUT2D eigenvalue weighted by atomic mass is 32.1. The van der Waals surface area contributed by atoms with E-state index >= 15 is 0 Å². The van der Waals surface area contributed by atoms with Crippen LogP contribution in [0.4, 0.5) is 0 Å². The number of hydrogen-bond acceptors (Lipinski definition) is 4. The van der Waals surface area contributed by atoms with Gasteiger partial charge in [0, 0.05) is 43.5 Å². The molecule has 6 nitrogen and oxygen atoms in total. The van der Waals surface area contributed by atoms with Crippen LogP contribution in [0.15, 0.2) is 29.3 Å². The van der Waals surface area contributed by atoms with Crippen molar-refractivity contribution in [3.63, 3.8) is 0 Å². The number of unbranched alkanes of at least 4 members (excludes halogenated alkanes) is 1. The van der Waals surface area contributed by atoms with Crippen molar-refractivity contribution in [2.45, 2.75) is 46.6 Å². The van der Waals surface area contributed by atoms with Gasteiger partial charge in [0.1, 0.15) is 0 Å². The van der Waals surface area contributed by atoms with Crippen LogP contribution in [0.3, 0.4) is 0 Å². The minimum Gasteiger partial charge on any atom is -0.356 e. The van der Waals surface area contributed by atoms with Crippen molar-refractivity contribution in [3.8, 4) is 0 Å². The molecule has 0 aliphatic heterocycles. The van der Waals surface area contributed by atoms with E-state index in [-0.39, 0.29) is 5.91 Å². The smallest absolute Gasteiger partial charge is 0.251 e. The second-order valence-electron chi connectivity index (χ2n) is 6.66. The Balaban J connectivity index is 1.75. The van der Waals surface area contributed by atoms with Gasteiger partial charge in [0.15, 0.2) is 5.96 Å². The number of nitrogens with zero attached hydrogens (tertiary/aromatic N) is 2. The number of benzene rings is 1. The summed E-state index contributed by atoms with van der Waals surface area (Å²) in [6, 6.07) is 7.66. The summed E-state index contributed by atoms with van der Waals surface area (Å²) >= 11 is 1.75. The molecule has 0 atom stereocenters. The van der Waals surface area contributed by atoms with Gasteiger partial charge in [-0.15, -0.1) is 11.3 Å². The Hall–Kier alpha value is -2.41. The topological polar surface area (TPSA) is 78.4 Å². The highest BCUT2D eigenvalue weighted by molar-refractivity contribution is 7.11. The van der Waals surface area contributed by atoms with E-state index < -0.39 is 0 Å². The Morgan fingerprint density at radius 3 is 2.46 bits per heavy atom. The van der Waals surface area contributed by atoms with Crippen LogP contribution in [0.5, 0.6) is 0 Å². The predicted molar refractivity (Wildman–Crippen MR) is 117 cm³/mol. The summed E-state index contributed by atoms with van der Waals surface area (Å²) in [5, 5.41) is 10.7. The molecule has 3 N–H and O–H groups in total. The number of guanidine groups is 1. The predicted octanol–water partition coefficient (Wildman–Crippen LogP) is 3.20. The van der Waals surface area contributed by atoms with Crippen LogP contribution in [0, 0.1) is 13.8 Å². The summed E-state index contributed by atoms with van der Waals surface area (Å²) in [7, 11) is 1.76. The summed E-state index contributed by atoms with van der Waals surface area (Å²) < 4.78 is 0. The Morgan fingerprint density at radius 1 is 1.11 bits per heavy atom. The van der Waals surface area contributed by atoms with E-state index in [1.54, 1.807) is 18.4 Å². The lowest BCUT2D eigenvalue weighted by molar-refractivity contribution is 0.0953. The lowest BCUT2D eigenvalue weighted by Crippen LogP contribution is -2.37. The molecule has 0 saturated heterocycles. The number of thiazole rings is 1. The minimum atomic E-state index is -0.0157. The molecular weight excluding hydrogens is 370 g/mol. The van der Waals surface area contributed by atoms with E-state index in [0.29, 0.717) is 12.1 Å². The molecule has 0 bridgehead atoms. The van der Waals surface area contributed by atoms with Gasteiger partial charge in [-0.2, -0.15) is 0 Å². The molecular formula is C21H31N5OS. The maximum absolute atomic E-state index is 12.0. The molecule has 1 aromatic heterocycles. The fourth-order valence-corrected chi connectivity index (χ4v) is 3.53. The largest absolute Gasteiger partial charge is 0.356 e. The van der Waals surface area contributed by atoms with Crippen molar-refractivity contribution < 1.29 is 4.79 Å². The number of carbonyl (C=O) groups is 1. The van der Waals surface area contributed by atoms with Crippen LogP contribution >= 0.6 is 11.3 Å². The first kappa shape index (κ1) is 21.9. The highest BCUT2D eigenvalue weighted by Crippen LogP contribution is 2.16. The number of nitrogens with one attached hydrogen (secondary N) is 3. The molecule has 0 unspecified atom stereocenters. The van der Waals surface area contributed by atoms with Crippen LogP contribution in [-0.4, -0.2) is 37.0 Å². The zero-order valence-corrected chi connectivity index (χ0v) is 18.1. The fraction of sp³-hybridized carbons (Fsp3) is 0.476. The second kappa shape index (κ2) is 11.4. The number of aliphatic imine (C=N–C) groups is 1. The standard InChI is InChI=1S/C21H31N5OS/c1-5-6-12-23-20(27)18-9-7-17(8-10-18)14-25-21(22-4)24-13-11-19-26-15(2)16(3)28-19/h7-10H,5-6,11-14H2,1-4H3,(H,23,27)(H2,22,24,25). The molecule has 0 aliphatic rings. The van der Waals surface area contributed by atoms with E-state index in [1.165, 1.54) is 4.88 Å². The Kier molecular flexibility index (Phi) is 8.94. The Labute approximate surface area is 171 Å². The minimum absolute atomic E-state index is 0.0157. The third-order valence-electron chi connectivity index (χ3n) is 4.42. The maximum Gasteiger partial charge on any atom is 0.251 e. The van der Waals surface area contributed by atoms with E-state index in [0.717, 1.165) is 54.6 Å². The van der Waals surface area contributed by atoms with Gasteiger partial charge in [0.05, 0.1) is 10.7 Å². The molecule has 0 spiro atoms. The summed E-state index contributed by atoms with van der Waals surface area (Å²) in [4.78, 5) is 22.1. The van der Waals surface area contributed by atoms with Gasteiger partial charge in [-0.25, -0.2) is 4.98 Å². The summed E-state index contributed by atoms with van der Waals surface area (Å²) in [6.45, 7) is 8.40. The molecule has 0 aliphatic carbocycles. The van der Waals surface area contributed by atoms with Crippen LogP contribution < -0.4 is 16.0 Å². The van der Waals surface area contributed by atoms with Crippen molar-refractivity contribution in [2.24, 2.45) is 4.99 Å². The molecule has 1 heterocycles. The second-order valence-corrected chi connectivity index (χ2v) is 7.95. The molecule has 2 rings (SSSR count). The highest BCUT2D eigenvalue weighted by Gasteiger charge is 2.06. The first-order chi connectivity index (χ1) is 13.5. The first-order valence-electron chi connectivity index (χ1n) is 9.78. The summed E-state index contributed by atoms with van der Waals surface area (Å²) in [6.07, 6.45) is 2.95. The van der Waals surface area contributed by atoms with E-state index in [4.69, 9.17) is 0 Å². The monoisotopic (exact) mass is 401 g/mol. The van der Waals surface area contributed by atoms with Gasteiger partial charge in [-0.1, -0.05) is 25.5 Å². The number of amides is 1. The van der Waals surface area contributed by atoms with Gasteiger partial charge in [-0.05, 0) is 38.0 Å². The first-order valence-corrected chi connectivity index (χ1v) is 10.6. The van der Waals surface area contributed by atoms with Crippen molar-refractivity contribution in [3.05, 3.63) is 51.0 Å². The lowest BCUT2D eigenvalue weighted by Gasteiger charge is -2.12. The molecule has 0 fully saturated rings. The van der Waals surface area contributed by atoms with Crippen molar-refractivity contribution in [2.75, 3.05) is 20.1 Å². The van der Waals surface area contributed by atoms with Gasteiger partial charge in [-0.3, -0.25) is 9.79 Å². The number of hydrogen-bond donors (Lipinski definition) is 3. The van der Waals surface area contributed by atoms with Crippen LogP contribution in [-0.2, 0) is 13.0 Å². The van der Waals surface area contributed by atoms with E-state index in [9.17, 15) is 4.79 Å².